The molecule has 3 N–H and O–H groups in total. The molecule has 6 heteroatoms. The van der Waals surface area contributed by atoms with E-state index in [-0.39, 0.29) is 17.2 Å². The first-order valence-corrected chi connectivity index (χ1v) is 8.96. The zero-order valence-electron chi connectivity index (χ0n) is 15.2. The van der Waals surface area contributed by atoms with Gasteiger partial charge in [0.1, 0.15) is 0 Å². The molecular formula is C19H29N3O3. The smallest absolute Gasteiger partial charge is 0.251 e. The molecule has 2 amide bonds. The number of nitrogens with one attached hydrogen (secondary N) is 3. The van der Waals surface area contributed by atoms with Gasteiger partial charge in [-0.2, -0.15) is 0 Å². The van der Waals surface area contributed by atoms with E-state index in [2.05, 4.69) is 16.0 Å². The van der Waals surface area contributed by atoms with Crippen LogP contribution in [0.1, 0.15) is 46.9 Å². The van der Waals surface area contributed by atoms with Gasteiger partial charge < -0.3 is 20.7 Å². The van der Waals surface area contributed by atoms with Gasteiger partial charge in [-0.1, -0.05) is 13.0 Å². The van der Waals surface area contributed by atoms with Crippen LogP contribution in [0.25, 0.3) is 0 Å². The van der Waals surface area contributed by atoms with Crippen molar-refractivity contribution in [1.29, 1.82) is 0 Å². The predicted octanol–water partition coefficient (Wildman–Crippen LogP) is 1.57. The summed E-state index contributed by atoms with van der Waals surface area (Å²) < 4.78 is 5.38. The Morgan fingerprint density at radius 1 is 1.16 bits per heavy atom. The van der Waals surface area contributed by atoms with Gasteiger partial charge in [-0.25, -0.2) is 0 Å². The Kier molecular flexibility index (Phi) is 7.40. The highest BCUT2D eigenvalue weighted by Gasteiger charge is 2.32. The molecule has 1 aromatic carbocycles. The van der Waals surface area contributed by atoms with E-state index in [9.17, 15) is 9.59 Å². The van der Waals surface area contributed by atoms with Crippen LogP contribution in [-0.4, -0.2) is 51.7 Å². The number of hydrogen-bond acceptors (Lipinski definition) is 4. The van der Waals surface area contributed by atoms with Crippen LogP contribution in [0.15, 0.2) is 24.3 Å². The third kappa shape index (κ3) is 5.54. The highest BCUT2D eigenvalue weighted by Crippen LogP contribution is 2.28. The lowest BCUT2D eigenvalue weighted by atomic mass is 9.79. The first kappa shape index (κ1) is 19.4. The van der Waals surface area contributed by atoms with Crippen molar-refractivity contribution in [3.63, 3.8) is 0 Å². The summed E-state index contributed by atoms with van der Waals surface area (Å²) in [5.74, 6) is -0.301. The lowest BCUT2D eigenvalue weighted by molar-refractivity contribution is 0.0512. The lowest BCUT2D eigenvalue weighted by Gasteiger charge is -2.37. The van der Waals surface area contributed by atoms with E-state index in [1.165, 1.54) is 0 Å². The maximum atomic E-state index is 12.5. The Hall–Kier alpha value is -1.92. The number of piperidine rings is 1. The van der Waals surface area contributed by atoms with Crippen LogP contribution >= 0.6 is 0 Å². The highest BCUT2D eigenvalue weighted by molar-refractivity contribution is 5.99. The summed E-state index contributed by atoms with van der Waals surface area (Å²) in [7, 11) is 1.70. The summed E-state index contributed by atoms with van der Waals surface area (Å²) in [6.45, 7) is 5.71. The van der Waals surface area contributed by atoms with Crippen molar-refractivity contribution in [2.24, 2.45) is 5.41 Å². The number of hydrogen-bond donors (Lipinski definition) is 3. The third-order valence-electron chi connectivity index (χ3n) is 4.66. The van der Waals surface area contributed by atoms with Gasteiger partial charge in [-0.15, -0.1) is 0 Å². The van der Waals surface area contributed by atoms with Crippen LogP contribution in [0, 0.1) is 5.41 Å². The fourth-order valence-corrected chi connectivity index (χ4v) is 3.15. The fraction of sp³-hybridized carbons (Fsp3) is 0.579. The molecule has 1 aromatic rings. The zero-order valence-corrected chi connectivity index (χ0v) is 15.2. The second kappa shape index (κ2) is 9.53. The van der Waals surface area contributed by atoms with Crippen LogP contribution in [-0.2, 0) is 4.74 Å². The van der Waals surface area contributed by atoms with E-state index in [1.807, 2.05) is 6.92 Å². The molecule has 0 aliphatic carbocycles. The van der Waals surface area contributed by atoms with Crippen LogP contribution in [0.4, 0.5) is 0 Å². The molecule has 0 spiro atoms. The Balaban J connectivity index is 1.99. The van der Waals surface area contributed by atoms with E-state index in [0.717, 1.165) is 32.4 Å². The fourth-order valence-electron chi connectivity index (χ4n) is 3.15. The van der Waals surface area contributed by atoms with Crippen molar-refractivity contribution in [3.05, 3.63) is 35.4 Å². The average molecular weight is 347 g/mol. The van der Waals surface area contributed by atoms with Crippen LogP contribution in [0.5, 0.6) is 0 Å². The molecule has 138 valence electrons. The zero-order chi connectivity index (χ0) is 18.1. The number of rotatable bonds is 8. The second-order valence-corrected chi connectivity index (χ2v) is 6.70. The van der Waals surface area contributed by atoms with Crippen molar-refractivity contribution in [2.45, 2.75) is 26.2 Å². The monoisotopic (exact) mass is 347 g/mol. The van der Waals surface area contributed by atoms with E-state index in [4.69, 9.17) is 4.74 Å². The Morgan fingerprint density at radius 3 is 2.40 bits per heavy atom. The average Bonchev–Trinajstić information content (AvgIpc) is 2.65. The molecule has 0 radical (unpaired) electrons. The molecule has 1 aliphatic heterocycles. The van der Waals surface area contributed by atoms with Gasteiger partial charge in [0.25, 0.3) is 11.8 Å². The van der Waals surface area contributed by atoms with Crippen molar-refractivity contribution in [3.8, 4) is 0 Å². The largest absolute Gasteiger partial charge is 0.384 e. The Morgan fingerprint density at radius 2 is 1.80 bits per heavy atom. The summed E-state index contributed by atoms with van der Waals surface area (Å²) >= 11 is 0. The molecular weight excluding hydrogens is 318 g/mol. The Labute approximate surface area is 149 Å². The molecule has 1 saturated heterocycles. The van der Waals surface area contributed by atoms with Crippen molar-refractivity contribution >= 4 is 11.8 Å². The van der Waals surface area contributed by atoms with Crippen molar-refractivity contribution < 1.29 is 14.3 Å². The van der Waals surface area contributed by atoms with E-state index in [0.29, 0.717) is 30.8 Å². The van der Waals surface area contributed by atoms with E-state index < -0.39 is 0 Å². The summed E-state index contributed by atoms with van der Waals surface area (Å²) in [5, 5.41) is 9.19. The van der Waals surface area contributed by atoms with Gasteiger partial charge in [-0.05, 0) is 50.6 Å². The summed E-state index contributed by atoms with van der Waals surface area (Å²) in [6.07, 6.45) is 2.82. The number of ether oxygens (including phenoxy) is 1. The predicted molar refractivity (Wildman–Crippen MR) is 97.8 cm³/mol. The number of methoxy groups -OCH3 is 1. The summed E-state index contributed by atoms with van der Waals surface area (Å²) in [6, 6.07) is 6.84. The van der Waals surface area contributed by atoms with Gasteiger partial charge in [0, 0.05) is 36.7 Å². The van der Waals surface area contributed by atoms with Gasteiger partial charge >= 0.3 is 0 Å². The van der Waals surface area contributed by atoms with Crippen molar-refractivity contribution in [1.82, 2.24) is 16.0 Å². The maximum absolute atomic E-state index is 12.5. The number of carbonyl (C=O) groups excluding carboxylic acids is 2. The van der Waals surface area contributed by atoms with E-state index >= 15 is 0 Å². The second-order valence-electron chi connectivity index (χ2n) is 6.70. The molecule has 0 atom stereocenters. The van der Waals surface area contributed by atoms with Crippen LogP contribution in [0.3, 0.4) is 0 Å². The minimum absolute atomic E-state index is 0.0221. The summed E-state index contributed by atoms with van der Waals surface area (Å²) in [5.41, 5.74) is 0.992. The Bertz CT molecular complexity index is 578. The van der Waals surface area contributed by atoms with Gasteiger partial charge in [-0.3, -0.25) is 9.59 Å². The SMILES string of the molecule is CCCNC(=O)c1cccc(C(=O)NCC2(COC)CCNCC2)c1. The molecule has 6 nitrogen and oxygen atoms in total. The summed E-state index contributed by atoms with van der Waals surface area (Å²) in [4.78, 5) is 24.6. The molecule has 0 unspecified atom stereocenters. The molecule has 25 heavy (non-hydrogen) atoms. The topological polar surface area (TPSA) is 79.5 Å². The molecule has 0 aromatic heterocycles. The van der Waals surface area contributed by atoms with E-state index in [1.54, 1.807) is 31.4 Å². The minimum atomic E-state index is -0.154. The molecule has 2 rings (SSSR count). The van der Waals surface area contributed by atoms with Crippen molar-refractivity contribution in [2.75, 3.05) is 39.9 Å². The first-order chi connectivity index (χ1) is 12.1. The van der Waals surface area contributed by atoms with Crippen LogP contribution < -0.4 is 16.0 Å². The molecule has 1 heterocycles. The number of benzene rings is 1. The molecule has 0 bridgehead atoms. The molecule has 1 fully saturated rings. The van der Waals surface area contributed by atoms with Crippen LogP contribution in [0.2, 0.25) is 0 Å². The highest BCUT2D eigenvalue weighted by atomic mass is 16.5. The third-order valence-corrected chi connectivity index (χ3v) is 4.66. The lowest BCUT2D eigenvalue weighted by Crippen LogP contribution is -2.47. The normalized spacial score (nSPS) is 16.2. The quantitative estimate of drug-likeness (QED) is 0.667. The van der Waals surface area contributed by atoms with Gasteiger partial charge in [0.15, 0.2) is 0 Å². The number of amides is 2. The van der Waals surface area contributed by atoms with Gasteiger partial charge in [0.05, 0.1) is 6.61 Å². The molecule has 0 saturated carbocycles. The number of carbonyl (C=O) groups is 2. The first-order valence-electron chi connectivity index (χ1n) is 8.96. The molecule has 1 aliphatic rings. The standard InChI is InChI=1S/C19H29N3O3/c1-3-9-21-17(23)15-5-4-6-16(12-15)18(24)22-13-19(14-25-2)7-10-20-11-8-19/h4-6,12,20H,3,7-11,13-14H2,1-2H3,(H,21,23)(H,22,24). The maximum Gasteiger partial charge on any atom is 0.251 e. The minimum Gasteiger partial charge on any atom is -0.384 e. The van der Waals surface area contributed by atoms with Gasteiger partial charge in [0.2, 0.25) is 0 Å².